The molecule has 0 atom stereocenters. The summed E-state index contributed by atoms with van der Waals surface area (Å²) in [5, 5.41) is 4.50. The first-order valence-corrected chi connectivity index (χ1v) is 6.58. The maximum Gasteiger partial charge on any atom is 0.258 e. The number of halogens is 1. The third-order valence-corrected chi connectivity index (χ3v) is 3.16. The molecule has 2 N–H and O–H groups in total. The van der Waals surface area contributed by atoms with Crippen molar-refractivity contribution in [3.05, 3.63) is 47.5 Å². The highest BCUT2D eigenvalue weighted by molar-refractivity contribution is 6.31. The van der Waals surface area contributed by atoms with E-state index < -0.39 is 0 Å². The number of hydrogen-bond acceptors (Lipinski definition) is 5. The fourth-order valence-corrected chi connectivity index (χ4v) is 2.26. The van der Waals surface area contributed by atoms with Crippen molar-refractivity contribution >= 4 is 17.3 Å². The molecular formula is C15H12ClN3O2. The van der Waals surface area contributed by atoms with E-state index in [0.29, 0.717) is 33.7 Å². The van der Waals surface area contributed by atoms with E-state index in [1.54, 1.807) is 25.3 Å². The lowest BCUT2D eigenvalue weighted by molar-refractivity contribution is 0.413. The highest BCUT2D eigenvalue weighted by Gasteiger charge is 2.14. The van der Waals surface area contributed by atoms with Crippen molar-refractivity contribution in [3.8, 4) is 28.6 Å². The Morgan fingerprint density at radius 1 is 1.19 bits per heavy atom. The summed E-state index contributed by atoms with van der Waals surface area (Å²) in [5.74, 6) is 1.47. The summed E-state index contributed by atoms with van der Waals surface area (Å²) in [5.41, 5.74) is 7.73. The van der Waals surface area contributed by atoms with Crippen LogP contribution in [0.3, 0.4) is 0 Å². The molecule has 0 unspecified atom stereocenters. The Hall–Kier alpha value is -2.53. The standard InChI is InChI=1S/C15H12ClN3O2/c1-20-13-5-3-2-4-12(13)14-18-15(21-19-14)9-6-10(16)8-11(17)7-9/h2-8H,17H2,1H3. The van der Waals surface area contributed by atoms with Gasteiger partial charge in [-0.05, 0) is 30.3 Å². The largest absolute Gasteiger partial charge is 0.496 e. The monoisotopic (exact) mass is 301 g/mol. The first-order chi connectivity index (χ1) is 10.2. The molecule has 3 rings (SSSR count). The zero-order valence-electron chi connectivity index (χ0n) is 11.2. The molecule has 2 aromatic carbocycles. The molecule has 1 aromatic heterocycles. The molecule has 106 valence electrons. The number of para-hydroxylation sites is 1. The van der Waals surface area contributed by atoms with Crippen molar-refractivity contribution in [3.63, 3.8) is 0 Å². The molecule has 6 heteroatoms. The van der Waals surface area contributed by atoms with Crippen LogP contribution in [0.1, 0.15) is 0 Å². The van der Waals surface area contributed by atoms with Gasteiger partial charge in [-0.25, -0.2) is 0 Å². The SMILES string of the molecule is COc1ccccc1-c1noc(-c2cc(N)cc(Cl)c2)n1. The van der Waals surface area contributed by atoms with Crippen molar-refractivity contribution in [2.24, 2.45) is 0 Å². The summed E-state index contributed by atoms with van der Waals surface area (Å²) in [4.78, 5) is 4.37. The number of hydrogen-bond donors (Lipinski definition) is 1. The van der Waals surface area contributed by atoms with Gasteiger partial charge in [-0.15, -0.1) is 0 Å². The molecule has 0 amide bonds. The van der Waals surface area contributed by atoms with Gasteiger partial charge in [0, 0.05) is 16.3 Å². The number of methoxy groups -OCH3 is 1. The van der Waals surface area contributed by atoms with Crippen LogP contribution in [-0.2, 0) is 0 Å². The maximum atomic E-state index is 5.98. The van der Waals surface area contributed by atoms with E-state index in [2.05, 4.69) is 10.1 Å². The maximum absolute atomic E-state index is 5.98. The summed E-state index contributed by atoms with van der Waals surface area (Å²) < 4.78 is 10.6. The Bertz CT molecular complexity index is 766. The average Bonchev–Trinajstić information content (AvgIpc) is 2.96. The van der Waals surface area contributed by atoms with Gasteiger partial charge in [0.1, 0.15) is 5.75 Å². The van der Waals surface area contributed by atoms with Crippen LogP contribution >= 0.6 is 11.6 Å². The lowest BCUT2D eigenvalue weighted by Gasteiger charge is -2.03. The minimum Gasteiger partial charge on any atom is -0.496 e. The van der Waals surface area contributed by atoms with E-state index in [9.17, 15) is 0 Å². The van der Waals surface area contributed by atoms with Crippen molar-refractivity contribution in [2.45, 2.75) is 0 Å². The summed E-state index contributed by atoms with van der Waals surface area (Å²) in [7, 11) is 1.59. The number of anilines is 1. The molecule has 0 radical (unpaired) electrons. The Kier molecular flexibility index (Phi) is 3.50. The highest BCUT2D eigenvalue weighted by atomic mass is 35.5. The number of nitrogens with two attached hydrogens (primary N) is 1. The molecular weight excluding hydrogens is 290 g/mol. The topological polar surface area (TPSA) is 74.2 Å². The van der Waals surface area contributed by atoms with Crippen LogP contribution in [0.2, 0.25) is 5.02 Å². The number of nitrogen functional groups attached to an aromatic ring is 1. The van der Waals surface area contributed by atoms with Gasteiger partial charge < -0.3 is 15.0 Å². The van der Waals surface area contributed by atoms with E-state index in [1.807, 2.05) is 24.3 Å². The Morgan fingerprint density at radius 2 is 2.00 bits per heavy atom. The third-order valence-electron chi connectivity index (χ3n) is 2.94. The highest BCUT2D eigenvalue weighted by Crippen LogP contribution is 2.30. The van der Waals surface area contributed by atoms with Gasteiger partial charge in [0.25, 0.3) is 5.89 Å². The van der Waals surface area contributed by atoms with Crippen molar-refractivity contribution in [1.29, 1.82) is 0 Å². The molecule has 21 heavy (non-hydrogen) atoms. The van der Waals surface area contributed by atoms with Crippen LogP contribution in [0.15, 0.2) is 47.0 Å². The predicted octanol–water partition coefficient (Wildman–Crippen LogP) is 3.65. The lowest BCUT2D eigenvalue weighted by atomic mass is 10.2. The summed E-state index contributed by atoms with van der Waals surface area (Å²) in [6.45, 7) is 0. The van der Waals surface area contributed by atoms with E-state index in [0.717, 1.165) is 5.56 Å². The zero-order valence-corrected chi connectivity index (χ0v) is 12.0. The molecule has 0 aliphatic rings. The molecule has 1 heterocycles. The first kappa shape index (κ1) is 13.5. The van der Waals surface area contributed by atoms with Gasteiger partial charge in [-0.1, -0.05) is 28.9 Å². The molecule has 0 aliphatic heterocycles. The number of aromatic nitrogens is 2. The van der Waals surface area contributed by atoms with Gasteiger partial charge in [0.05, 0.1) is 12.7 Å². The van der Waals surface area contributed by atoms with Gasteiger partial charge in [-0.2, -0.15) is 4.98 Å². The van der Waals surface area contributed by atoms with Crippen molar-refractivity contribution in [1.82, 2.24) is 10.1 Å². The Labute approximate surface area is 126 Å². The number of benzene rings is 2. The minimum atomic E-state index is 0.352. The summed E-state index contributed by atoms with van der Waals surface area (Å²) in [6.07, 6.45) is 0. The van der Waals surface area contributed by atoms with Crippen LogP contribution in [0.4, 0.5) is 5.69 Å². The van der Waals surface area contributed by atoms with E-state index in [-0.39, 0.29) is 0 Å². The fraction of sp³-hybridized carbons (Fsp3) is 0.0667. The Balaban J connectivity index is 2.04. The van der Waals surface area contributed by atoms with Crippen molar-refractivity contribution < 1.29 is 9.26 Å². The summed E-state index contributed by atoms with van der Waals surface area (Å²) in [6, 6.07) is 12.6. The van der Waals surface area contributed by atoms with Crippen LogP contribution in [0, 0.1) is 0 Å². The van der Waals surface area contributed by atoms with Gasteiger partial charge in [-0.3, -0.25) is 0 Å². The molecule has 5 nitrogen and oxygen atoms in total. The lowest BCUT2D eigenvalue weighted by Crippen LogP contribution is -1.89. The van der Waals surface area contributed by atoms with E-state index in [1.165, 1.54) is 0 Å². The number of rotatable bonds is 3. The first-order valence-electron chi connectivity index (χ1n) is 6.21. The quantitative estimate of drug-likeness (QED) is 0.747. The van der Waals surface area contributed by atoms with Crippen LogP contribution in [0.25, 0.3) is 22.8 Å². The molecule has 0 spiro atoms. The van der Waals surface area contributed by atoms with E-state index >= 15 is 0 Å². The molecule has 0 aliphatic carbocycles. The number of ether oxygens (including phenoxy) is 1. The van der Waals surface area contributed by atoms with Crippen molar-refractivity contribution in [2.75, 3.05) is 12.8 Å². The smallest absolute Gasteiger partial charge is 0.258 e. The molecule has 0 saturated carbocycles. The minimum absolute atomic E-state index is 0.352. The van der Waals surface area contributed by atoms with Crippen LogP contribution < -0.4 is 10.5 Å². The fourth-order valence-electron chi connectivity index (χ4n) is 2.02. The molecule has 0 saturated heterocycles. The van der Waals surface area contributed by atoms with E-state index in [4.69, 9.17) is 26.6 Å². The number of nitrogens with zero attached hydrogens (tertiary/aromatic N) is 2. The molecule has 0 fully saturated rings. The van der Waals surface area contributed by atoms with Crippen LogP contribution in [-0.4, -0.2) is 17.3 Å². The molecule has 0 bridgehead atoms. The third kappa shape index (κ3) is 2.68. The van der Waals surface area contributed by atoms with Gasteiger partial charge in [0.15, 0.2) is 0 Å². The molecule has 3 aromatic rings. The second kappa shape index (κ2) is 5.46. The zero-order chi connectivity index (χ0) is 14.8. The van der Waals surface area contributed by atoms with Gasteiger partial charge >= 0.3 is 0 Å². The summed E-state index contributed by atoms with van der Waals surface area (Å²) >= 11 is 5.98. The normalized spacial score (nSPS) is 10.6. The second-order valence-corrected chi connectivity index (χ2v) is 4.83. The average molecular weight is 302 g/mol. The van der Waals surface area contributed by atoms with Gasteiger partial charge in [0.2, 0.25) is 5.82 Å². The predicted molar refractivity (Wildman–Crippen MR) is 81.1 cm³/mol. The van der Waals surface area contributed by atoms with Crippen LogP contribution in [0.5, 0.6) is 5.75 Å². The Morgan fingerprint density at radius 3 is 2.76 bits per heavy atom. The second-order valence-electron chi connectivity index (χ2n) is 4.40.